The van der Waals surface area contributed by atoms with E-state index in [0.29, 0.717) is 30.0 Å². The average Bonchev–Trinajstić information content (AvgIpc) is 2.68. The van der Waals surface area contributed by atoms with E-state index in [0.717, 1.165) is 24.3 Å². The van der Waals surface area contributed by atoms with Crippen molar-refractivity contribution in [1.82, 2.24) is 5.32 Å². The van der Waals surface area contributed by atoms with E-state index < -0.39 is 0 Å². The molecular formula is C16H24ClNO2. The predicted octanol–water partition coefficient (Wildman–Crippen LogP) is 4.17. The molecule has 0 fully saturated rings. The number of nitrogens with one attached hydrogen (secondary N) is 1. The van der Waals surface area contributed by atoms with Crippen molar-refractivity contribution in [3.8, 4) is 11.5 Å². The Labute approximate surface area is 126 Å². The molecule has 2 rings (SSSR count). The van der Waals surface area contributed by atoms with Crippen molar-refractivity contribution in [2.75, 3.05) is 13.2 Å². The minimum Gasteiger partial charge on any atom is -0.489 e. The second-order valence-electron chi connectivity index (χ2n) is 5.38. The van der Waals surface area contributed by atoms with Crippen LogP contribution in [-0.4, -0.2) is 19.3 Å². The summed E-state index contributed by atoms with van der Waals surface area (Å²) in [5, 5.41) is 4.17. The molecule has 0 aliphatic carbocycles. The van der Waals surface area contributed by atoms with E-state index >= 15 is 0 Å². The largest absolute Gasteiger partial charge is 0.489 e. The van der Waals surface area contributed by atoms with Crippen LogP contribution in [0, 0.1) is 0 Å². The maximum absolute atomic E-state index is 6.29. The minimum atomic E-state index is 0.518. The summed E-state index contributed by atoms with van der Waals surface area (Å²) >= 11 is 6.29. The van der Waals surface area contributed by atoms with Gasteiger partial charge in [0.15, 0.2) is 11.5 Å². The summed E-state index contributed by atoms with van der Waals surface area (Å²) in [6, 6.07) is 4.52. The van der Waals surface area contributed by atoms with Gasteiger partial charge in [-0.15, -0.1) is 0 Å². The van der Waals surface area contributed by atoms with E-state index in [1.807, 2.05) is 12.1 Å². The first-order valence-corrected chi connectivity index (χ1v) is 7.90. The fourth-order valence-corrected chi connectivity index (χ4v) is 2.58. The Morgan fingerprint density at radius 2 is 2.10 bits per heavy atom. The number of hydrogen-bond acceptors (Lipinski definition) is 3. The summed E-state index contributed by atoms with van der Waals surface area (Å²) in [5.41, 5.74) is 1.14. The second-order valence-corrected chi connectivity index (χ2v) is 5.79. The molecule has 0 aromatic heterocycles. The van der Waals surface area contributed by atoms with Gasteiger partial charge in [0, 0.05) is 19.0 Å². The van der Waals surface area contributed by atoms with E-state index in [4.69, 9.17) is 21.1 Å². The number of ether oxygens (including phenoxy) is 2. The number of halogens is 1. The van der Waals surface area contributed by atoms with Crippen LogP contribution in [0.3, 0.4) is 0 Å². The molecule has 0 radical (unpaired) electrons. The highest BCUT2D eigenvalue weighted by molar-refractivity contribution is 6.32. The maximum atomic E-state index is 6.29. The Bertz CT molecular complexity index is 437. The molecule has 1 aliphatic rings. The lowest BCUT2D eigenvalue weighted by Gasteiger charge is -2.15. The average molecular weight is 298 g/mol. The van der Waals surface area contributed by atoms with Crippen molar-refractivity contribution in [2.45, 2.75) is 52.1 Å². The smallest absolute Gasteiger partial charge is 0.179 e. The highest BCUT2D eigenvalue weighted by Crippen LogP contribution is 2.37. The Morgan fingerprint density at radius 1 is 1.30 bits per heavy atom. The van der Waals surface area contributed by atoms with Crippen molar-refractivity contribution >= 4 is 11.6 Å². The van der Waals surface area contributed by atoms with Crippen LogP contribution in [0.1, 0.15) is 45.1 Å². The van der Waals surface area contributed by atoms with Gasteiger partial charge in [0.1, 0.15) is 0 Å². The normalized spacial score (nSPS) is 15.8. The molecule has 0 saturated heterocycles. The Kier molecular flexibility index (Phi) is 5.99. The minimum absolute atomic E-state index is 0.518. The van der Waals surface area contributed by atoms with Crippen LogP contribution in [0.5, 0.6) is 11.5 Å². The molecule has 1 heterocycles. The fraction of sp³-hybridized carbons (Fsp3) is 0.625. The molecule has 112 valence electrons. The van der Waals surface area contributed by atoms with E-state index in [9.17, 15) is 0 Å². The molecule has 1 aromatic rings. The lowest BCUT2D eigenvalue weighted by atomic mass is 10.1. The zero-order valence-electron chi connectivity index (χ0n) is 12.4. The van der Waals surface area contributed by atoms with E-state index in [-0.39, 0.29) is 0 Å². The highest BCUT2D eigenvalue weighted by atomic mass is 35.5. The first-order valence-electron chi connectivity index (χ1n) is 7.52. The quantitative estimate of drug-likeness (QED) is 0.855. The molecule has 1 unspecified atom stereocenters. The number of fused-ring (bicyclic) bond motifs is 1. The molecule has 20 heavy (non-hydrogen) atoms. The van der Waals surface area contributed by atoms with Crippen molar-refractivity contribution in [3.05, 3.63) is 22.7 Å². The molecule has 0 amide bonds. The summed E-state index contributed by atoms with van der Waals surface area (Å²) in [7, 11) is 0. The SMILES string of the molecule is CCCCC(C)NCc1cc(Cl)c2c(c1)OCCCO2. The van der Waals surface area contributed by atoms with Crippen LogP contribution in [0.2, 0.25) is 5.02 Å². The molecule has 0 spiro atoms. The Balaban J connectivity index is 1.98. The van der Waals surface area contributed by atoms with Crippen LogP contribution in [0.4, 0.5) is 0 Å². The van der Waals surface area contributed by atoms with Gasteiger partial charge in [-0.05, 0) is 31.0 Å². The van der Waals surface area contributed by atoms with Gasteiger partial charge in [0.25, 0.3) is 0 Å². The van der Waals surface area contributed by atoms with Crippen LogP contribution >= 0.6 is 11.6 Å². The zero-order chi connectivity index (χ0) is 14.4. The third-order valence-corrected chi connectivity index (χ3v) is 3.79. The predicted molar refractivity (Wildman–Crippen MR) is 82.9 cm³/mol. The van der Waals surface area contributed by atoms with Crippen LogP contribution in [0.25, 0.3) is 0 Å². The summed E-state index contributed by atoms with van der Waals surface area (Å²) in [5.74, 6) is 1.46. The van der Waals surface area contributed by atoms with Crippen molar-refractivity contribution in [1.29, 1.82) is 0 Å². The third-order valence-electron chi connectivity index (χ3n) is 3.51. The van der Waals surface area contributed by atoms with Gasteiger partial charge in [-0.25, -0.2) is 0 Å². The fourth-order valence-electron chi connectivity index (χ4n) is 2.29. The van der Waals surface area contributed by atoms with Gasteiger partial charge in [0.2, 0.25) is 0 Å². The molecule has 1 N–H and O–H groups in total. The Hall–Kier alpha value is -0.930. The molecule has 0 bridgehead atoms. The van der Waals surface area contributed by atoms with Gasteiger partial charge in [0.05, 0.1) is 18.2 Å². The van der Waals surface area contributed by atoms with E-state index in [2.05, 4.69) is 19.2 Å². The lowest BCUT2D eigenvalue weighted by molar-refractivity contribution is 0.297. The monoisotopic (exact) mass is 297 g/mol. The van der Waals surface area contributed by atoms with Crippen molar-refractivity contribution in [3.63, 3.8) is 0 Å². The standard InChI is InChI=1S/C16H24ClNO2/c1-3-4-6-12(2)18-11-13-9-14(17)16-15(10-13)19-7-5-8-20-16/h9-10,12,18H,3-8,11H2,1-2H3. The van der Waals surface area contributed by atoms with Crippen LogP contribution < -0.4 is 14.8 Å². The molecule has 1 atom stereocenters. The van der Waals surface area contributed by atoms with Gasteiger partial charge in [-0.3, -0.25) is 0 Å². The van der Waals surface area contributed by atoms with Gasteiger partial charge < -0.3 is 14.8 Å². The zero-order valence-corrected chi connectivity index (χ0v) is 13.1. The van der Waals surface area contributed by atoms with Crippen molar-refractivity contribution < 1.29 is 9.47 Å². The summed E-state index contributed by atoms with van der Waals surface area (Å²) in [6.07, 6.45) is 4.60. The third kappa shape index (κ3) is 4.29. The highest BCUT2D eigenvalue weighted by Gasteiger charge is 2.15. The first-order chi connectivity index (χ1) is 9.70. The number of unbranched alkanes of at least 4 members (excludes halogenated alkanes) is 1. The number of rotatable bonds is 6. The first kappa shape index (κ1) is 15.5. The molecular weight excluding hydrogens is 274 g/mol. The van der Waals surface area contributed by atoms with Gasteiger partial charge >= 0.3 is 0 Å². The topological polar surface area (TPSA) is 30.5 Å². The molecule has 1 aliphatic heterocycles. The van der Waals surface area contributed by atoms with Crippen LogP contribution in [-0.2, 0) is 6.54 Å². The summed E-state index contributed by atoms with van der Waals surface area (Å²) in [4.78, 5) is 0. The van der Waals surface area contributed by atoms with E-state index in [1.165, 1.54) is 19.3 Å². The maximum Gasteiger partial charge on any atom is 0.179 e. The van der Waals surface area contributed by atoms with E-state index in [1.54, 1.807) is 0 Å². The number of benzene rings is 1. The van der Waals surface area contributed by atoms with Gasteiger partial charge in [-0.1, -0.05) is 31.4 Å². The van der Waals surface area contributed by atoms with Crippen LogP contribution in [0.15, 0.2) is 12.1 Å². The van der Waals surface area contributed by atoms with Crippen molar-refractivity contribution in [2.24, 2.45) is 0 Å². The van der Waals surface area contributed by atoms with Gasteiger partial charge in [-0.2, -0.15) is 0 Å². The molecule has 0 saturated carbocycles. The lowest BCUT2D eigenvalue weighted by Crippen LogP contribution is -2.25. The molecule has 1 aromatic carbocycles. The second kappa shape index (κ2) is 7.75. The molecule has 3 nitrogen and oxygen atoms in total. The number of hydrogen-bond donors (Lipinski definition) is 1. The Morgan fingerprint density at radius 3 is 2.90 bits per heavy atom. The molecule has 4 heteroatoms. The summed E-state index contributed by atoms with van der Waals surface area (Å²) < 4.78 is 11.3. The summed E-state index contributed by atoms with van der Waals surface area (Å²) in [6.45, 7) is 6.60.